The van der Waals surface area contributed by atoms with Crippen molar-refractivity contribution in [3.63, 3.8) is 0 Å². The van der Waals surface area contributed by atoms with Gasteiger partial charge < -0.3 is 24.8 Å². The minimum atomic E-state index is -1.15. The van der Waals surface area contributed by atoms with E-state index in [-0.39, 0.29) is 19.2 Å². The van der Waals surface area contributed by atoms with E-state index in [0.29, 0.717) is 22.7 Å². The number of carbonyl (C=O) groups excluding carboxylic acids is 3. The van der Waals surface area contributed by atoms with Gasteiger partial charge in [0, 0.05) is 12.5 Å². The molecule has 1 aromatic rings. The van der Waals surface area contributed by atoms with Crippen LogP contribution in [-0.2, 0) is 19.1 Å². The second-order valence-corrected chi connectivity index (χ2v) is 6.03. The number of methoxy groups -OCH3 is 1. The molecule has 3 rings (SSSR count). The van der Waals surface area contributed by atoms with Gasteiger partial charge in [-0.2, -0.15) is 0 Å². The fraction of sp³-hybridized carbons (Fsp3) is 0.412. The van der Waals surface area contributed by atoms with E-state index in [1.54, 1.807) is 12.1 Å². The standard InChI is InChI=1S/C17H20N4O6/c1-8-12-10(19-17-20-16(24)13(15(18)23)21(8)17)4-5-11(14(12)25-3)27-7-6-26-9(2)22/h4-5,8,13H,6-7H2,1-3H3,(H2,18,23)(H,19,20,24). The molecule has 27 heavy (non-hydrogen) atoms. The fourth-order valence-electron chi connectivity index (χ4n) is 3.24. The Kier molecular flexibility index (Phi) is 4.89. The number of rotatable bonds is 6. The Balaban J connectivity index is 1.93. The van der Waals surface area contributed by atoms with Gasteiger partial charge in [0.15, 0.2) is 17.5 Å². The molecule has 10 nitrogen and oxygen atoms in total. The van der Waals surface area contributed by atoms with E-state index in [0.717, 1.165) is 0 Å². The highest BCUT2D eigenvalue weighted by atomic mass is 16.6. The van der Waals surface area contributed by atoms with Crippen molar-refractivity contribution in [3.05, 3.63) is 17.7 Å². The molecule has 0 bridgehead atoms. The lowest BCUT2D eigenvalue weighted by atomic mass is 10.00. The molecule has 2 heterocycles. The van der Waals surface area contributed by atoms with Crippen LogP contribution in [0.3, 0.4) is 0 Å². The summed E-state index contributed by atoms with van der Waals surface area (Å²) in [7, 11) is 1.49. The van der Waals surface area contributed by atoms with Crippen LogP contribution in [0.1, 0.15) is 25.5 Å². The number of primary amides is 1. The smallest absolute Gasteiger partial charge is 0.302 e. The summed E-state index contributed by atoms with van der Waals surface area (Å²) in [6.07, 6.45) is 0. The van der Waals surface area contributed by atoms with Gasteiger partial charge >= 0.3 is 5.97 Å². The first-order valence-corrected chi connectivity index (χ1v) is 8.29. The van der Waals surface area contributed by atoms with Crippen molar-refractivity contribution in [2.75, 3.05) is 20.3 Å². The summed E-state index contributed by atoms with van der Waals surface area (Å²) in [5, 5.41) is 2.58. The normalized spacial score (nSPS) is 20.2. The van der Waals surface area contributed by atoms with Gasteiger partial charge in [-0.3, -0.25) is 19.7 Å². The van der Waals surface area contributed by atoms with Crippen molar-refractivity contribution in [1.29, 1.82) is 0 Å². The number of nitrogens with zero attached hydrogens (tertiary/aromatic N) is 2. The number of nitrogens with one attached hydrogen (secondary N) is 1. The molecule has 3 N–H and O–H groups in total. The lowest BCUT2D eigenvalue weighted by Gasteiger charge is -2.34. The van der Waals surface area contributed by atoms with E-state index in [1.807, 2.05) is 6.92 Å². The van der Waals surface area contributed by atoms with Crippen molar-refractivity contribution >= 4 is 29.4 Å². The molecular weight excluding hydrogens is 356 g/mol. The summed E-state index contributed by atoms with van der Waals surface area (Å²) in [5.41, 5.74) is 6.64. The van der Waals surface area contributed by atoms with E-state index in [1.165, 1.54) is 18.9 Å². The highest BCUT2D eigenvalue weighted by Crippen LogP contribution is 2.46. The molecule has 2 unspecified atom stereocenters. The van der Waals surface area contributed by atoms with E-state index in [9.17, 15) is 14.4 Å². The Bertz CT molecular complexity index is 837. The summed E-state index contributed by atoms with van der Waals surface area (Å²) < 4.78 is 16.0. The Morgan fingerprint density at radius 2 is 2.07 bits per heavy atom. The molecule has 0 aliphatic carbocycles. The highest BCUT2D eigenvalue weighted by molar-refractivity contribution is 6.17. The molecular formula is C17H20N4O6. The summed E-state index contributed by atoms with van der Waals surface area (Å²) in [6, 6.07) is 1.84. The maximum Gasteiger partial charge on any atom is 0.302 e. The maximum absolute atomic E-state index is 12.1. The maximum atomic E-state index is 12.1. The molecule has 2 aliphatic rings. The number of esters is 1. The van der Waals surface area contributed by atoms with E-state index in [2.05, 4.69) is 10.3 Å². The molecule has 1 fully saturated rings. The van der Waals surface area contributed by atoms with Crippen LogP contribution >= 0.6 is 0 Å². The van der Waals surface area contributed by atoms with Crippen LogP contribution in [0.2, 0.25) is 0 Å². The lowest BCUT2D eigenvalue weighted by molar-refractivity contribution is -0.141. The number of benzene rings is 1. The molecule has 144 valence electrons. The number of guanidine groups is 1. The van der Waals surface area contributed by atoms with Gasteiger partial charge in [0.05, 0.1) is 18.8 Å². The summed E-state index contributed by atoms with van der Waals surface area (Å²) in [6.45, 7) is 3.37. The average molecular weight is 376 g/mol. The number of fused-ring (bicyclic) bond motifs is 2. The molecule has 2 atom stereocenters. The lowest BCUT2D eigenvalue weighted by Crippen LogP contribution is -2.47. The second-order valence-electron chi connectivity index (χ2n) is 6.03. The van der Waals surface area contributed by atoms with Gasteiger partial charge in [-0.25, -0.2) is 4.99 Å². The van der Waals surface area contributed by atoms with Crippen LogP contribution in [0, 0.1) is 0 Å². The van der Waals surface area contributed by atoms with Crippen LogP contribution in [0.4, 0.5) is 5.69 Å². The third-order valence-corrected chi connectivity index (χ3v) is 4.32. The number of aliphatic imine (C=N–C) groups is 1. The van der Waals surface area contributed by atoms with Crippen molar-refractivity contribution in [2.45, 2.75) is 25.9 Å². The van der Waals surface area contributed by atoms with Crippen molar-refractivity contribution in [3.8, 4) is 11.5 Å². The minimum Gasteiger partial charge on any atom is -0.492 e. The molecule has 2 amide bonds. The number of amides is 2. The Hall–Kier alpha value is -3.30. The van der Waals surface area contributed by atoms with Gasteiger partial charge in [-0.15, -0.1) is 0 Å². The van der Waals surface area contributed by atoms with Crippen molar-refractivity contribution < 1.29 is 28.6 Å². The first-order chi connectivity index (χ1) is 12.8. The minimum absolute atomic E-state index is 0.0989. The SMILES string of the molecule is COc1c(OCCOC(C)=O)ccc2c1C(C)N1C(=N2)NC(=O)C1C(N)=O. The Morgan fingerprint density at radius 3 is 2.70 bits per heavy atom. The topological polar surface area (TPSA) is 133 Å². The predicted molar refractivity (Wildman–Crippen MR) is 93.6 cm³/mol. The van der Waals surface area contributed by atoms with E-state index >= 15 is 0 Å². The molecule has 10 heteroatoms. The summed E-state index contributed by atoms with van der Waals surface area (Å²) in [5.74, 6) is -0.542. The third kappa shape index (κ3) is 3.25. The molecule has 0 aromatic heterocycles. The number of carbonyl (C=O) groups is 3. The Labute approximate surface area is 155 Å². The molecule has 0 spiro atoms. The van der Waals surface area contributed by atoms with Gasteiger partial charge in [-0.05, 0) is 19.1 Å². The summed E-state index contributed by atoms with van der Waals surface area (Å²) >= 11 is 0. The first kappa shape index (κ1) is 18.5. The van der Waals surface area contributed by atoms with Crippen LogP contribution < -0.4 is 20.5 Å². The zero-order valence-corrected chi connectivity index (χ0v) is 15.1. The molecule has 2 aliphatic heterocycles. The Morgan fingerprint density at radius 1 is 1.33 bits per heavy atom. The monoisotopic (exact) mass is 376 g/mol. The average Bonchev–Trinajstić information content (AvgIpc) is 2.94. The summed E-state index contributed by atoms with van der Waals surface area (Å²) in [4.78, 5) is 40.6. The number of hydrogen-bond donors (Lipinski definition) is 2. The van der Waals surface area contributed by atoms with Gasteiger partial charge in [0.2, 0.25) is 11.9 Å². The first-order valence-electron chi connectivity index (χ1n) is 8.29. The predicted octanol–water partition coefficient (Wildman–Crippen LogP) is -0.0151. The van der Waals surface area contributed by atoms with Crippen LogP contribution in [0.15, 0.2) is 17.1 Å². The van der Waals surface area contributed by atoms with Crippen molar-refractivity contribution in [2.24, 2.45) is 10.7 Å². The van der Waals surface area contributed by atoms with Crippen molar-refractivity contribution in [1.82, 2.24) is 10.2 Å². The zero-order chi connectivity index (χ0) is 19.7. The van der Waals surface area contributed by atoms with Gasteiger partial charge in [-0.1, -0.05) is 0 Å². The number of hydrogen-bond acceptors (Lipinski definition) is 8. The molecule has 0 radical (unpaired) electrons. The fourth-order valence-corrected chi connectivity index (χ4v) is 3.24. The van der Waals surface area contributed by atoms with Gasteiger partial charge in [0.25, 0.3) is 5.91 Å². The molecule has 1 aromatic carbocycles. The van der Waals surface area contributed by atoms with E-state index in [4.69, 9.17) is 19.9 Å². The zero-order valence-electron chi connectivity index (χ0n) is 15.1. The third-order valence-electron chi connectivity index (χ3n) is 4.32. The molecule has 0 saturated carbocycles. The molecule has 1 saturated heterocycles. The van der Waals surface area contributed by atoms with E-state index < -0.39 is 29.9 Å². The number of ether oxygens (including phenoxy) is 3. The van der Waals surface area contributed by atoms with Gasteiger partial charge in [0.1, 0.15) is 13.2 Å². The van der Waals surface area contributed by atoms with Crippen LogP contribution in [0.5, 0.6) is 11.5 Å². The quantitative estimate of drug-likeness (QED) is 0.405. The van der Waals surface area contributed by atoms with Crippen LogP contribution in [0.25, 0.3) is 0 Å². The second kappa shape index (κ2) is 7.14. The number of nitrogens with two attached hydrogens (primary N) is 1. The highest BCUT2D eigenvalue weighted by Gasteiger charge is 2.46. The largest absolute Gasteiger partial charge is 0.492 e. The van der Waals surface area contributed by atoms with Crippen LogP contribution in [-0.4, -0.2) is 55.0 Å².